The number of Topliss-reactive ketones (excluding diaryl/α,β-unsaturated/α-hetero) is 1. The van der Waals surface area contributed by atoms with Gasteiger partial charge in [-0.1, -0.05) is 32.8 Å². The zero-order valence-electron chi connectivity index (χ0n) is 25.0. The first-order valence-electron chi connectivity index (χ1n) is 14.7. The lowest BCUT2D eigenvalue weighted by atomic mass is 9.38. The highest BCUT2D eigenvalue weighted by atomic mass is 16.5. The van der Waals surface area contributed by atoms with Crippen molar-refractivity contribution in [1.82, 2.24) is 0 Å². The van der Waals surface area contributed by atoms with E-state index in [0.29, 0.717) is 25.7 Å². The highest BCUT2D eigenvalue weighted by Gasteiger charge is 2.74. The van der Waals surface area contributed by atoms with Crippen molar-refractivity contribution in [1.29, 1.82) is 0 Å². The van der Waals surface area contributed by atoms with Crippen LogP contribution in [0.5, 0.6) is 0 Å². The lowest BCUT2D eigenvalue weighted by molar-refractivity contribution is -0.218. The van der Waals surface area contributed by atoms with Crippen molar-refractivity contribution in [2.75, 3.05) is 7.11 Å². The van der Waals surface area contributed by atoms with Crippen molar-refractivity contribution in [3.8, 4) is 0 Å². The van der Waals surface area contributed by atoms with Crippen LogP contribution in [0.15, 0.2) is 5.11 Å². The van der Waals surface area contributed by atoms with E-state index in [1.165, 1.54) is 21.0 Å². The molecule has 0 heterocycles. The quantitative estimate of drug-likeness (QED) is 0.130. The number of rotatable bonds is 7. The Balaban J connectivity index is 1.80. The van der Waals surface area contributed by atoms with E-state index >= 15 is 0 Å². The fraction of sp³-hybridized carbons (Fsp3) is 0.867. The molecule has 1 unspecified atom stereocenters. The molecule has 4 rings (SSSR count). The van der Waals surface area contributed by atoms with Gasteiger partial charge in [-0.15, -0.1) is 0 Å². The van der Waals surface area contributed by atoms with Crippen LogP contribution in [0.25, 0.3) is 10.4 Å². The first-order chi connectivity index (χ1) is 18.7. The molecule has 4 saturated carbocycles. The predicted molar refractivity (Wildman–Crippen MR) is 145 cm³/mol. The Kier molecular flexibility index (Phi) is 8.34. The number of ether oxygens (including phenoxy) is 3. The van der Waals surface area contributed by atoms with Gasteiger partial charge >= 0.3 is 17.9 Å². The molecule has 0 amide bonds. The first kappa shape index (κ1) is 30.4. The lowest BCUT2D eigenvalue weighted by Crippen LogP contribution is -2.70. The van der Waals surface area contributed by atoms with Crippen molar-refractivity contribution in [3.05, 3.63) is 10.4 Å². The number of ketones is 1. The van der Waals surface area contributed by atoms with Crippen LogP contribution in [-0.2, 0) is 33.4 Å². The number of carbonyl (C=O) groups excluding carboxylic acids is 4. The molecule has 11 atom stereocenters. The number of hydrogen-bond acceptors (Lipinski definition) is 8. The Hall–Kier alpha value is -2.61. The molecule has 4 aliphatic rings. The third-order valence-electron chi connectivity index (χ3n) is 11.9. The Bertz CT molecular complexity index is 1100. The van der Waals surface area contributed by atoms with Crippen LogP contribution in [0, 0.1) is 45.8 Å². The fourth-order valence-electron chi connectivity index (χ4n) is 9.85. The van der Waals surface area contributed by atoms with E-state index in [2.05, 4.69) is 30.8 Å². The normalized spacial score (nSPS) is 42.8. The van der Waals surface area contributed by atoms with E-state index in [9.17, 15) is 24.7 Å². The maximum atomic E-state index is 14.7. The molecule has 0 bridgehead atoms. The van der Waals surface area contributed by atoms with Gasteiger partial charge in [0.2, 0.25) is 0 Å². The number of hydrogen-bond donors (Lipinski definition) is 0. The van der Waals surface area contributed by atoms with Crippen LogP contribution in [0.2, 0.25) is 0 Å². The largest absolute Gasteiger partial charge is 0.469 e. The second-order valence-corrected chi connectivity index (χ2v) is 13.5. The van der Waals surface area contributed by atoms with Crippen molar-refractivity contribution < 1.29 is 33.4 Å². The van der Waals surface area contributed by atoms with Crippen molar-refractivity contribution in [2.24, 2.45) is 50.9 Å². The van der Waals surface area contributed by atoms with Gasteiger partial charge in [0, 0.05) is 36.5 Å². The molecule has 10 nitrogen and oxygen atoms in total. The van der Waals surface area contributed by atoms with Crippen LogP contribution < -0.4 is 0 Å². The van der Waals surface area contributed by atoms with E-state index in [0.717, 1.165) is 19.3 Å². The third-order valence-corrected chi connectivity index (χ3v) is 11.9. The number of fused-ring (bicyclic) bond motifs is 5. The molecule has 4 fully saturated rings. The van der Waals surface area contributed by atoms with E-state index in [4.69, 9.17) is 14.2 Å². The number of nitrogens with zero attached hydrogens (tertiary/aromatic N) is 3. The van der Waals surface area contributed by atoms with Gasteiger partial charge in [0.1, 0.15) is 24.0 Å². The van der Waals surface area contributed by atoms with Gasteiger partial charge in [-0.05, 0) is 85.0 Å². The Morgan fingerprint density at radius 1 is 1.05 bits per heavy atom. The van der Waals surface area contributed by atoms with Crippen molar-refractivity contribution in [2.45, 2.75) is 111 Å². The zero-order valence-corrected chi connectivity index (χ0v) is 25.0. The molecule has 0 aromatic carbocycles. The maximum Gasteiger partial charge on any atom is 0.305 e. The molecule has 222 valence electrons. The van der Waals surface area contributed by atoms with Gasteiger partial charge in [0.25, 0.3) is 0 Å². The molecule has 10 heteroatoms. The zero-order chi connectivity index (χ0) is 29.6. The van der Waals surface area contributed by atoms with Crippen LogP contribution in [0.3, 0.4) is 0 Å². The molecule has 0 radical (unpaired) electrons. The van der Waals surface area contributed by atoms with Crippen LogP contribution in [0.1, 0.15) is 92.9 Å². The second kappa shape index (κ2) is 11.0. The van der Waals surface area contributed by atoms with Gasteiger partial charge < -0.3 is 14.2 Å². The average Bonchev–Trinajstić information content (AvgIpc) is 3.17. The monoisotopic (exact) mass is 559 g/mol. The summed E-state index contributed by atoms with van der Waals surface area (Å²) in [4.78, 5) is 54.0. The number of methoxy groups -OCH3 is 1. The Morgan fingerprint density at radius 3 is 2.33 bits per heavy atom. The van der Waals surface area contributed by atoms with Gasteiger partial charge in [-0.3, -0.25) is 19.2 Å². The molecule has 40 heavy (non-hydrogen) atoms. The summed E-state index contributed by atoms with van der Waals surface area (Å²) in [6, 6.07) is -0.891. The smallest absolute Gasteiger partial charge is 0.305 e. The van der Waals surface area contributed by atoms with Crippen molar-refractivity contribution in [3.63, 3.8) is 0 Å². The van der Waals surface area contributed by atoms with Crippen LogP contribution >= 0.6 is 0 Å². The van der Waals surface area contributed by atoms with Gasteiger partial charge in [0.05, 0.1) is 7.11 Å². The summed E-state index contributed by atoms with van der Waals surface area (Å²) in [5, 5.41) is 4.22. The average molecular weight is 560 g/mol. The summed E-state index contributed by atoms with van der Waals surface area (Å²) in [5.74, 6) is -1.41. The minimum Gasteiger partial charge on any atom is -0.469 e. The van der Waals surface area contributed by atoms with E-state index < -0.39 is 23.0 Å². The molecule has 0 aromatic heterocycles. The fourth-order valence-corrected chi connectivity index (χ4v) is 9.85. The number of azide groups is 1. The highest BCUT2D eigenvalue weighted by Crippen LogP contribution is 2.73. The summed E-state index contributed by atoms with van der Waals surface area (Å²) in [6.07, 6.45) is 4.41. The van der Waals surface area contributed by atoms with E-state index in [-0.39, 0.29) is 71.2 Å². The number of carbonyl (C=O) groups is 4. The molecule has 0 spiro atoms. The van der Waals surface area contributed by atoms with E-state index in [1.54, 1.807) is 0 Å². The third kappa shape index (κ3) is 4.70. The highest BCUT2D eigenvalue weighted by molar-refractivity contribution is 5.93. The molecular formula is C30H45N3O7. The number of esters is 3. The molecule has 0 aliphatic heterocycles. The summed E-state index contributed by atoms with van der Waals surface area (Å²) in [5.41, 5.74) is 8.03. The molecule has 0 N–H and O–H groups in total. The minimum atomic E-state index is -0.891. The summed E-state index contributed by atoms with van der Waals surface area (Å²) in [6.45, 7) is 11.3. The molecule has 0 aromatic rings. The first-order valence-corrected chi connectivity index (χ1v) is 14.7. The second-order valence-electron chi connectivity index (χ2n) is 13.5. The van der Waals surface area contributed by atoms with Crippen LogP contribution in [0.4, 0.5) is 0 Å². The van der Waals surface area contributed by atoms with Gasteiger partial charge in [-0.2, -0.15) is 0 Å². The Labute approximate surface area is 236 Å². The minimum absolute atomic E-state index is 0.0183. The summed E-state index contributed by atoms with van der Waals surface area (Å²) in [7, 11) is 1.38. The van der Waals surface area contributed by atoms with Crippen LogP contribution in [-0.4, -0.2) is 49.1 Å². The SMILES string of the molecule is COC(=O)CC[C@@H](C)[C@H]1CC[C@@]2(C)[C@@H]3[C@H](OC(C)=O)C[C@@H]4C[C@H](OC(C)=O)CC[C@]4(C)[C@H]3C(N=[N+]=[N-])C(=O)[C@]12C. The summed E-state index contributed by atoms with van der Waals surface area (Å²) < 4.78 is 16.5. The van der Waals surface area contributed by atoms with Gasteiger partial charge in [-0.25, -0.2) is 0 Å². The molecule has 0 saturated heterocycles. The van der Waals surface area contributed by atoms with E-state index in [1.807, 2.05) is 6.92 Å². The maximum absolute atomic E-state index is 14.7. The molecule has 4 aliphatic carbocycles. The lowest BCUT2D eigenvalue weighted by Gasteiger charge is -2.67. The summed E-state index contributed by atoms with van der Waals surface area (Å²) >= 11 is 0. The van der Waals surface area contributed by atoms with Crippen molar-refractivity contribution >= 4 is 23.7 Å². The van der Waals surface area contributed by atoms with Gasteiger partial charge in [0.15, 0.2) is 0 Å². The molecular weight excluding hydrogens is 514 g/mol. The Morgan fingerprint density at radius 2 is 1.73 bits per heavy atom. The topological polar surface area (TPSA) is 145 Å². The predicted octanol–water partition coefficient (Wildman–Crippen LogP) is 5.57. The standard InChI is InChI=1S/C30H45N3O7/c1-16(8-9-23(36)38-7)21-11-13-29(5)24-22(40-18(3)35)15-19-14-20(39-17(2)34)10-12-28(19,4)25(24)26(32-33-31)27(37)30(21,29)6/h16,19-22,24-26H,8-15H2,1-7H3/t16-,19+,20-,21-,22-,24-,25-,26?,28+,29+,30+/m1/s1.